The molecule has 1 N–H and O–H groups in total. The van der Waals surface area contributed by atoms with Crippen molar-refractivity contribution in [2.45, 2.75) is 31.3 Å². The Labute approximate surface area is 231 Å². The number of benzene rings is 3. The first-order valence-electron chi connectivity index (χ1n) is 13.8. The van der Waals surface area contributed by atoms with Gasteiger partial charge in [-0.2, -0.15) is 0 Å². The van der Waals surface area contributed by atoms with Crippen molar-refractivity contribution in [2.75, 3.05) is 46.3 Å². The van der Waals surface area contributed by atoms with Gasteiger partial charge in [-0.1, -0.05) is 72.3 Å². The minimum absolute atomic E-state index is 0.0762. The Hall–Kier alpha value is -2.86. The number of carbonyl (C=O) groups excluding carboxylic acids is 1. The van der Waals surface area contributed by atoms with Crippen molar-refractivity contribution in [3.05, 3.63) is 101 Å². The molecule has 2 heterocycles. The van der Waals surface area contributed by atoms with Crippen molar-refractivity contribution in [1.82, 2.24) is 15.1 Å². The quantitative estimate of drug-likeness (QED) is 0.385. The fourth-order valence-electron chi connectivity index (χ4n) is 5.69. The third-order valence-electron chi connectivity index (χ3n) is 7.91. The van der Waals surface area contributed by atoms with Crippen molar-refractivity contribution < 1.29 is 9.53 Å². The summed E-state index contributed by atoms with van der Waals surface area (Å²) >= 11 is 6.55. The van der Waals surface area contributed by atoms with Crippen LogP contribution in [-0.4, -0.2) is 68.1 Å². The number of halogens is 1. The van der Waals surface area contributed by atoms with Gasteiger partial charge in [0.2, 0.25) is 0 Å². The summed E-state index contributed by atoms with van der Waals surface area (Å²) in [5.74, 6) is 1.44. The van der Waals surface area contributed by atoms with E-state index in [0.717, 1.165) is 52.0 Å². The van der Waals surface area contributed by atoms with Gasteiger partial charge in [-0.15, -0.1) is 0 Å². The molecule has 38 heavy (non-hydrogen) atoms. The number of likely N-dealkylation sites (tertiary alicyclic amines) is 2. The summed E-state index contributed by atoms with van der Waals surface area (Å²) in [6, 6.07) is 26.9. The maximum absolute atomic E-state index is 12.6. The van der Waals surface area contributed by atoms with Crippen LogP contribution in [-0.2, 0) is 0 Å². The normalized spacial score (nSPS) is 19.1. The van der Waals surface area contributed by atoms with Crippen LogP contribution in [0.25, 0.3) is 0 Å². The molecule has 5 nitrogen and oxygen atoms in total. The lowest BCUT2D eigenvalue weighted by Crippen LogP contribution is -2.40. The van der Waals surface area contributed by atoms with E-state index < -0.39 is 0 Å². The molecule has 0 saturated carbocycles. The highest BCUT2D eigenvalue weighted by molar-refractivity contribution is 6.32. The molecule has 6 heteroatoms. The number of hydrogen-bond donors (Lipinski definition) is 1. The lowest BCUT2D eigenvalue weighted by molar-refractivity contribution is 0.0946. The predicted molar refractivity (Wildman–Crippen MR) is 154 cm³/mol. The average Bonchev–Trinajstić information content (AvgIpc) is 3.38. The third-order valence-corrected chi connectivity index (χ3v) is 8.20. The first-order chi connectivity index (χ1) is 18.5. The molecular formula is C32H38ClN3O2. The molecule has 0 bridgehead atoms. The van der Waals surface area contributed by atoms with Crippen LogP contribution in [0.1, 0.15) is 46.7 Å². The number of carbonyl (C=O) groups is 1. The first-order valence-corrected chi connectivity index (χ1v) is 14.2. The second-order valence-electron chi connectivity index (χ2n) is 10.8. The first kappa shape index (κ1) is 26.7. The van der Waals surface area contributed by atoms with Crippen LogP contribution in [0.15, 0.2) is 78.9 Å². The summed E-state index contributed by atoms with van der Waals surface area (Å²) in [6.45, 7) is 5.78. The number of hydrogen-bond acceptors (Lipinski definition) is 4. The van der Waals surface area contributed by atoms with Gasteiger partial charge < -0.3 is 19.9 Å². The van der Waals surface area contributed by atoms with E-state index >= 15 is 0 Å². The molecule has 1 atom stereocenters. The van der Waals surface area contributed by atoms with Crippen LogP contribution in [0.5, 0.6) is 5.75 Å². The Morgan fingerprint density at radius 3 is 2.18 bits per heavy atom. The van der Waals surface area contributed by atoms with Gasteiger partial charge in [0, 0.05) is 44.2 Å². The zero-order valence-corrected chi connectivity index (χ0v) is 22.9. The van der Waals surface area contributed by atoms with E-state index in [9.17, 15) is 4.79 Å². The summed E-state index contributed by atoms with van der Waals surface area (Å²) < 4.78 is 6.30. The van der Waals surface area contributed by atoms with Crippen molar-refractivity contribution >= 4 is 17.5 Å². The second-order valence-corrected chi connectivity index (χ2v) is 11.2. The van der Waals surface area contributed by atoms with E-state index in [0.29, 0.717) is 34.7 Å². The van der Waals surface area contributed by atoms with Gasteiger partial charge >= 0.3 is 0 Å². The monoisotopic (exact) mass is 531 g/mol. The molecule has 2 fully saturated rings. The number of nitrogens with zero attached hydrogens (tertiary/aromatic N) is 2. The van der Waals surface area contributed by atoms with Crippen LogP contribution < -0.4 is 10.1 Å². The number of rotatable bonds is 9. The fraction of sp³-hybridized carbons (Fsp3) is 0.406. The highest BCUT2D eigenvalue weighted by atomic mass is 35.5. The minimum atomic E-state index is -0.0762. The number of piperidine rings is 1. The van der Waals surface area contributed by atoms with E-state index in [1.807, 2.05) is 12.1 Å². The molecule has 0 radical (unpaired) electrons. The summed E-state index contributed by atoms with van der Waals surface area (Å²) in [5.41, 5.74) is 3.28. The summed E-state index contributed by atoms with van der Waals surface area (Å²) in [6.07, 6.45) is 3.15. The molecule has 5 rings (SSSR count). The molecule has 0 aromatic heterocycles. The van der Waals surface area contributed by atoms with E-state index in [4.69, 9.17) is 16.3 Å². The van der Waals surface area contributed by atoms with Crippen LogP contribution >= 0.6 is 11.6 Å². The largest absolute Gasteiger partial charge is 0.489 e. The average molecular weight is 532 g/mol. The lowest BCUT2D eigenvalue weighted by Gasteiger charge is -2.34. The molecule has 2 saturated heterocycles. The summed E-state index contributed by atoms with van der Waals surface area (Å²) in [5, 5.41) is 3.56. The molecule has 1 amide bonds. The van der Waals surface area contributed by atoms with E-state index in [1.54, 1.807) is 6.07 Å². The highest BCUT2D eigenvalue weighted by Gasteiger charge is 2.25. The Kier molecular flexibility index (Phi) is 9.00. The van der Waals surface area contributed by atoms with Crippen LogP contribution in [0.3, 0.4) is 0 Å². The molecule has 0 spiro atoms. The molecule has 1 unspecified atom stereocenters. The number of ether oxygens (including phenoxy) is 1. The van der Waals surface area contributed by atoms with Crippen molar-refractivity contribution in [2.24, 2.45) is 5.92 Å². The van der Waals surface area contributed by atoms with E-state index in [2.05, 4.69) is 82.8 Å². The maximum Gasteiger partial charge on any atom is 0.251 e. The summed E-state index contributed by atoms with van der Waals surface area (Å²) in [4.78, 5) is 17.5. The third kappa shape index (κ3) is 6.96. The van der Waals surface area contributed by atoms with Gasteiger partial charge in [0.1, 0.15) is 11.9 Å². The van der Waals surface area contributed by atoms with Gasteiger partial charge in [-0.25, -0.2) is 0 Å². The van der Waals surface area contributed by atoms with Gasteiger partial charge in [0.25, 0.3) is 5.91 Å². The Morgan fingerprint density at radius 2 is 1.61 bits per heavy atom. The standard InChI is InChI=1S/C32H38ClN3O2/c1-35-17-14-24(22-35)21-34-32(37)27-12-13-31(30(33)20-27)38-28-15-18-36(19-16-28)23-29(25-8-4-2-5-9-25)26-10-6-3-7-11-26/h2-13,20,24,28-29H,14-19,21-23H2,1H3,(H,34,37). The SMILES string of the molecule is CN1CCC(CNC(=O)c2ccc(OC3CCN(CC(c4ccccc4)c4ccccc4)CC3)c(Cl)c2)C1. The molecular weight excluding hydrogens is 494 g/mol. The molecule has 0 aliphatic carbocycles. The molecule has 200 valence electrons. The second kappa shape index (κ2) is 12.8. The zero-order chi connectivity index (χ0) is 26.3. The van der Waals surface area contributed by atoms with E-state index in [-0.39, 0.29) is 12.0 Å². The molecule has 2 aliphatic rings. The van der Waals surface area contributed by atoms with Crippen molar-refractivity contribution in [1.29, 1.82) is 0 Å². The Morgan fingerprint density at radius 1 is 0.947 bits per heavy atom. The molecule has 3 aromatic rings. The van der Waals surface area contributed by atoms with Crippen molar-refractivity contribution in [3.8, 4) is 5.75 Å². The van der Waals surface area contributed by atoms with Crippen LogP contribution in [0, 0.1) is 5.92 Å². The topological polar surface area (TPSA) is 44.8 Å². The maximum atomic E-state index is 12.6. The smallest absolute Gasteiger partial charge is 0.251 e. The summed E-state index contributed by atoms with van der Waals surface area (Å²) in [7, 11) is 2.12. The predicted octanol–water partition coefficient (Wildman–Crippen LogP) is 5.70. The van der Waals surface area contributed by atoms with Gasteiger partial charge in [0.05, 0.1) is 5.02 Å². The van der Waals surface area contributed by atoms with E-state index in [1.165, 1.54) is 11.1 Å². The van der Waals surface area contributed by atoms with Gasteiger partial charge in [-0.3, -0.25) is 4.79 Å². The van der Waals surface area contributed by atoms with Crippen LogP contribution in [0.4, 0.5) is 0 Å². The van der Waals surface area contributed by atoms with Gasteiger partial charge in [-0.05, 0) is 68.1 Å². The number of nitrogens with one attached hydrogen (secondary N) is 1. The zero-order valence-electron chi connectivity index (χ0n) is 22.2. The lowest BCUT2D eigenvalue weighted by atomic mass is 9.90. The molecule has 3 aromatic carbocycles. The Balaban J connectivity index is 1.13. The number of amides is 1. The fourth-order valence-corrected chi connectivity index (χ4v) is 5.92. The Bertz CT molecular complexity index is 1140. The van der Waals surface area contributed by atoms with Crippen molar-refractivity contribution in [3.63, 3.8) is 0 Å². The minimum Gasteiger partial charge on any atom is -0.489 e. The van der Waals surface area contributed by atoms with Gasteiger partial charge in [0.15, 0.2) is 0 Å². The molecule has 2 aliphatic heterocycles. The highest BCUT2D eigenvalue weighted by Crippen LogP contribution is 2.30. The van der Waals surface area contributed by atoms with Crippen LogP contribution in [0.2, 0.25) is 5.02 Å².